The van der Waals surface area contributed by atoms with Gasteiger partial charge >= 0.3 is 0 Å². The number of ether oxygens (including phenoxy) is 1. The van der Waals surface area contributed by atoms with E-state index in [1.54, 1.807) is 11.8 Å². The lowest BCUT2D eigenvalue weighted by molar-refractivity contribution is 0.112. The van der Waals surface area contributed by atoms with Gasteiger partial charge in [-0.25, -0.2) is 0 Å². The lowest BCUT2D eigenvalue weighted by atomic mass is 10.1. The minimum absolute atomic E-state index is 0.361. The first-order valence-corrected chi connectivity index (χ1v) is 8.85. The van der Waals surface area contributed by atoms with E-state index in [4.69, 9.17) is 4.74 Å². The van der Waals surface area contributed by atoms with Gasteiger partial charge in [0.2, 0.25) is 0 Å². The topological polar surface area (TPSA) is 33.6 Å². The summed E-state index contributed by atoms with van der Waals surface area (Å²) in [6, 6.07) is 0. The van der Waals surface area contributed by atoms with Crippen molar-refractivity contribution in [3.63, 3.8) is 0 Å². The molecule has 4 heteroatoms. The lowest BCUT2D eigenvalue weighted by Gasteiger charge is -2.15. The predicted molar refractivity (Wildman–Crippen MR) is 93.0 cm³/mol. The van der Waals surface area contributed by atoms with Gasteiger partial charge < -0.3 is 10.1 Å². The molecule has 2 aliphatic rings. The summed E-state index contributed by atoms with van der Waals surface area (Å²) < 4.78 is 5.61. The first-order valence-electron chi connectivity index (χ1n) is 7.87. The van der Waals surface area contributed by atoms with Crippen molar-refractivity contribution in [2.24, 2.45) is 4.99 Å². The summed E-state index contributed by atoms with van der Waals surface area (Å²) >= 11 is 1.77. The Morgan fingerprint density at radius 3 is 3.10 bits per heavy atom. The van der Waals surface area contributed by atoms with Crippen LogP contribution in [0.2, 0.25) is 0 Å². The van der Waals surface area contributed by atoms with Crippen molar-refractivity contribution in [2.45, 2.75) is 38.7 Å². The van der Waals surface area contributed by atoms with Crippen molar-refractivity contribution in [3.8, 4) is 0 Å². The summed E-state index contributed by atoms with van der Waals surface area (Å²) in [6.07, 6.45) is 11.7. The summed E-state index contributed by atoms with van der Waals surface area (Å²) in [5.41, 5.74) is 2.32. The number of nitrogens with one attached hydrogen (secondary N) is 1. The van der Waals surface area contributed by atoms with E-state index in [0.717, 1.165) is 55.5 Å². The number of rotatable bonds is 7. The van der Waals surface area contributed by atoms with Crippen LogP contribution in [0, 0.1) is 0 Å². The summed E-state index contributed by atoms with van der Waals surface area (Å²) in [4.78, 5) is 4.62. The SMILES string of the molecule is C=C(CSC(=NCC)C1=CCCC=C1)NCC1CCCO1. The van der Waals surface area contributed by atoms with Crippen molar-refractivity contribution >= 4 is 16.8 Å². The van der Waals surface area contributed by atoms with Crippen LogP contribution in [-0.4, -0.2) is 36.6 Å². The number of nitrogens with zero attached hydrogens (tertiary/aromatic N) is 1. The van der Waals surface area contributed by atoms with E-state index in [1.165, 1.54) is 12.0 Å². The van der Waals surface area contributed by atoms with E-state index in [0.29, 0.717) is 6.10 Å². The molecule has 2 rings (SSSR count). The molecule has 1 saturated heterocycles. The van der Waals surface area contributed by atoms with E-state index in [9.17, 15) is 0 Å². The first kappa shape index (κ1) is 16.4. The molecule has 0 amide bonds. The van der Waals surface area contributed by atoms with Gasteiger partial charge in [-0.3, -0.25) is 4.99 Å². The molecule has 1 fully saturated rings. The fourth-order valence-electron chi connectivity index (χ4n) is 2.41. The minimum atomic E-state index is 0.361. The molecule has 0 aromatic rings. The second kappa shape index (κ2) is 9.11. The monoisotopic (exact) mass is 306 g/mol. The van der Waals surface area contributed by atoms with Crippen LogP contribution in [0.25, 0.3) is 0 Å². The maximum Gasteiger partial charge on any atom is 0.0977 e. The number of hydrogen-bond acceptors (Lipinski definition) is 4. The van der Waals surface area contributed by atoms with Gasteiger partial charge in [0.15, 0.2) is 0 Å². The van der Waals surface area contributed by atoms with Crippen LogP contribution in [0.1, 0.15) is 32.6 Å². The molecule has 21 heavy (non-hydrogen) atoms. The average molecular weight is 306 g/mol. The summed E-state index contributed by atoms with van der Waals surface area (Å²) in [7, 11) is 0. The van der Waals surface area contributed by atoms with Gasteiger partial charge in [-0.15, -0.1) is 11.8 Å². The Morgan fingerprint density at radius 2 is 2.43 bits per heavy atom. The van der Waals surface area contributed by atoms with Gasteiger partial charge in [0.25, 0.3) is 0 Å². The Hall–Kier alpha value is -1.00. The average Bonchev–Trinajstić information content (AvgIpc) is 3.03. The molecule has 0 radical (unpaired) electrons. The van der Waals surface area contributed by atoms with E-state index < -0.39 is 0 Å². The molecule has 1 unspecified atom stereocenters. The zero-order valence-electron chi connectivity index (χ0n) is 12.9. The van der Waals surface area contributed by atoms with Crippen LogP contribution in [0.4, 0.5) is 0 Å². The molecule has 1 atom stereocenters. The predicted octanol–water partition coefficient (Wildman–Crippen LogP) is 3.70. The highest BCUT2D eigenvalue weighted by atomic mass is 32.2. The Kier molecular flexibility index (Phi) is 7.10. The third-order valence-electron chi connectivity index (χ3n) is 3.53. The smallest absolute Gasteiger partial charge is 0.0977 e. The van der Waals surface area contributed by atoms with Crippen LogP contribution < -0.4 is 5.32 Å². The van der Waals surface area contributed by atoms with Crippen LogP contribution in [0.3, 0.4) is 0 Å². The van der Waals surface area contributed by atoms with Gasteiger partial charge in [0, 0.05) is 36.7 Å². The highest BCUT2D eigenvalue weighted by Gasteiger charge is 2.15. The standard InChI is InChI=1S/C17H26N2OS/c1-3-18-17(15-8-5-4-6-9-15)21-13-14(2)19-12-16-10-7-11-20-16/h5,8-9,16,19H,2-4,6-7,10-13H2,1H3. The van der Waals surface area contributed by atoms with Crippen LogP contribution in [0.15, 0.2) is 41.1 Å². The molecule has 0 spiro atoms. The summed E-state index contributed by atoms with van der Waals surface area (Å²) in [6.45, 7) is 8.80. The van der Waals surface area contributed by atoms with Crippen molar-refractivity contribution in [3.05, 3.63) is 36.1 Å². The van der Waals surface area contributed by atoms with Gasteiger partial charge in [0.05, 0.1) is 11.1 Å². The molecule has 0 bridgehead atoms. The zero-order chi connectivity index (χ0) is 14.9. The molecule has 0 saturated carbocycles. The third kappa shape index (κ3) is 5.71. The van der Waals surface area contributed by atoms with E-state index in [1.807, 2.05) is 0 Å². The normalized spacial score (nSPS) is 22.2. The van der Waals surface area contributed by atoms with Gasteiger partial charge in [-0.2, -0.15) is 0 Å². The number of thioether (sulfide) groups is 1. The van der Waals surface area contributed by atoms with Gasteiger partial charge in [-0.05, 0) is 32.6 Å². The van der Waals surface area contributed by atoms with Gasteiger partial charge in [-0.1, -0.05) is 24.8 Å². The second-order valence-corrected chi connectivity index (χ2v) is 6.29. The Labute approximate surface area is 132 Å². The van der Waals surface area contributed by atoms with Crippen LogP contribution >= 0.6 is 11.8 Å². The van der Waals surface area contributed by atoms with Crippen molar-refractivity contribution in [2.75, 3.05) is 25.4 Å². The third-order valence-corrected chi connectivity index (χ3v) is 4.66. The maximum absolute atomic E-state index is 5.61. The van der Waals surface area contributed by atoms with Crippen molar-refractivity contribution in [1.29, 1.82) is 0 Å². The summed E-state index contributed by atoms with van der Waals surface area (Å²) in [5, 5.41) is 4.53. The molecule has 0 aromatic heterocycles. The highest BCUT2D eigenvalue weighted by molar-refractivity contribution is 8.14. The molecule has 1 N–H and O–H groups in total. The molecular weight excluding hydrogens is 280 g/mol. The van der Waals surface area contributed by atoms with Gasteiger partial charge in [0.1, 0.15) is 0 Å². The Morgan fingerprint density at radius 1 is 1.52 bits per heavy atom. The van der Waals surface area contributed by atoms with E-state index >= 15 is 0 Å². The molecule has 3 nitrogen and oxygen atoms in total. The lowest BCUT2D eigenvalue weighted by Crippen LogP contribution is -2.26. The molecule has 1 aliphatic carbocycles. The maximum atomic E-state index is 5.61. The molecule has 0 aromatic carbocycles. The Bertz CT molecular complexity index is 434. The second-order valence-electron chi connectivity index (χ2n) is 5.33. The summed E-state index contributed by atoms with van der Waals surface area (Å²) in [5.74, 6) is 0.858. The largest absolute Gasteiger partial charge is 0.386 e. The molecule has 1 heterocycles. The first-order chi connectivity index (χ1) is 10.3. The number of hydrogen-bond donors (Lipinski definition) is 1. The molecular formula is C17H26N2OS. The van der Waals surface area contributed by atoms with Crippen molar-refractivity contribution in [1.82, 2.24) is 5.32 Å². The van der Waals surface area contributed by atoms with Crippen LogP contribution in [0.5, 0.6) is 0 Å². The highest BCUT2D eigenvalue weighted by Crippen LogP contribution is 2.20. The fourth-order valence-corrected chi connectivity index (χ4v) is 3.36. The minimum Gasteiger partial charge on any atom is -0.386 e. The number of allylic oxidation sites excluding steroid dienone is 3. The van der Waals surface area contributed by atoms with Crippen LogP contribution in [-0.2, 0) is 4.74 Å². The van der Waals surface area contributed by atoms with E-state index in [2.05, 4.69) is 42.0 Å². The molecule has 116 valence electrons. The van der Waals surface area contributed by atoms with Crippen molar-refractivity contribution < 1.29 is 4.74 Å². The van der Waals surface area contributed by atoms with E-state index in [-0.39, 0.29) is 0 Å². The Balaban J connectivity index is 1.75. The zero-order valence-corrected chi connectivity index (χ0v) is 13.8. The quantitative estimate of drug-likeness (QED) is 0.575. The molecule has 1 aliphatic heterocycles. The fraction of sp³-hybridized carbons (Fsp3) is 0.588. The number of aliphatic imine (C=N–C) groups is 1.